The van der Waals surface area contributed by atoms with E-state index in [9.17, 15) is 13.2 Å². The average Bonchev–Trinajstić information content (AvgIpc) is 2.90. The van der Waals surface area contributed by atoms with Crippen LogP contribution in [0.2, 0.25) is 0 Å². The van der Waals surface area contributed by atoms with Gasteiger partial charge in [-0.25, -0.2) is 0 Å². The summed E-state index contributed by atoms with van der Waals surface area (Å²) >= 11 is 3.56. The minimum absolute atomic E-state index is 0.155. The van der Waals surface area contributed by atoms with Crippen molar-refractivity contribution in [2.45, 2.75) is 38.5 Å². The normalized spacial score (nSPS) is 18.2. The number of alkyl halides is 4. The van der Waals surface area contributed by atoms with E-state index in [1.807, 2.05) is 0 Å². The Bertz CT molecular complexity index is 410. The van der Waals surface area contributed by atoms with Gasteiger partial charge in [-0.2, -0.15) is 0 Å². The molecule has 2 rings (SSSR count). The van der Waals surface area contributed by atoms with Crippen LogP contribution in [0.5, 0.6) is 5.75 Å². The Hall–Kier alpha value is -0.710. The van der Waals surface area contributed by atoms with Gasteiger partial charge in [0.1, 0.15) is 5.75 Å². The van der Waals surface area contributed by atoms with Crippen molar-refractivity contribution in [1.82, 2.24) is 0 Å². The van der Waals surface area contributed by atoms with Gasteiger partial charge in [0.15, 0.2) is 0 Å². The highest BCUT2D eigenvalue weighted by atomic mass is 79.9. The molecule has 0 spiro atoms. The molecule has 1 aromatic rings. The van der Waals surface area contributed by atoms with Gasteiger partial charge in [0.2, 0.25) is 0 Å². The molecule has 5 heteroatoms. The van der Waals surface area contributed by atoms with E-state index in [4.69, 9.17) is 0 Å². The number of hydrogen-bond acceptors (Lipinski definition) is 1. The zero-order valence-corrected chi connectivity index (χ0v) is 12.7. The van der Waals surface area contributed by atoms with E-state index in [0.29, 0.717) is 5.92 Å². The van der Waals surface area contributed by atoms with Gasteiger partial charge in [-0.15, -0.1) is 13.2 Å². The molecule has 20 heavy (non-hydrogen) atoms. The lowest BCUT2D eigenvalue weighted by Gasteiger charge is -2.21. The van der Waals surface area contributed by atoms with Crippen molar-refractivity contribution >= 4 is 15.9 Å². The first-order chi connectivity index (χ1) is 9.48. The summed E-state index contributed by atoms with van der Waals surface area (Å²) in [5.74, 6) is 1.14. The highest BCUT2D eigenvalue weighted by Crippen LogP contribution is 2.34. The lowest BCUT2D eigenvalue weighted by atomic mass is 9.87. The molecule has 1 aromatic carbocycles. The summed E-state index contributed by atoms with van der Waals surface area (Å²) in [5, 5.41) is 0.943. The van der Waals surface area contributed by atoms with E-state index in [1.165, 1.54) is 37.8 Å². The van der Waals surface area contributed by atoms with E-state index in [-0.39, 0.29) is 5.75 Å². The van der Waals surface area contributed by atoms with Gasteiger partial charge in [0.05, 0.1) is 0 Å². The lowest BCUT2D eigenvalue weighted by molar-refractivity contribution is -0.274. The zero-order valence-electron chi connectivity index (χ0n) is 11.1. The monoisotopic (exact) mass is 350 g/mol. The summed E-state index contributed by atoms with van der Waals surface area (Å²) in [6.45, 7) is 0. The molecule has 112 valence electrons. The fraction of sp³-hybridized carbons (Fsp3) is 0.600. The Balaban J connectivity index is 1.95. The van der Waals surface area contributed by atoms with Crippen LogP contribution in [0.15, 0.2) is 24.3 Å². The standard InChI is InChI=1S/C15H18BrF3O/c16-10-13(12-3-1-2-4-12)9-11-5-7-14(8-6-11)20-15(17,18)19/h5-8,12-13H,1-4,9-10H2. The molecular weight excluding hydrogens is 333 g/mol. The smallest absolute Gasteiger partial charge is 0.406 e. The molecule has 0 bridgehead atoms. The van der Waals surface area contributed by atoms with Crippen LogP contribution in [-0.2, 0) is 6.42 Å². The molecule has 0 N–H and O–H groups in total. The molecule has 0 amide bonds. The van der Waals surface area contributed by atoms with Crippen LogP contribution in [0, 0.1) is 11.8 Å². The molecule has 0 saturated heterocycles. The van der Waals surface area contributed by atoms with Crippen LogP contribution >= 0.6 is 15.9 Å². The van der Waals surface area contributed by atoms with E-state index in [0.717, 1.165) is 23.2 Å². The molecule has 0 radical (unpaired) electrons. The predicted octanol–water partition coefficient (Wildman–Crippen LogP) is 5.33. The first-order valence-electron chi connectivity index (χ1n) is 6.88. The lowest BCUT2D eigenvalue weighted by Crippen LogP contribution is -2.17. The Labute approximate surface area is 125 Å². The average molecular weight is 351 g/mol. The number of hydrogen-bond donors (Lipinski definition) is 0. The molecule has 0 aliphatic heterocycles. The van der Waals surface area contributed by atoms with E-state index < -0.39 is 6.36 Å². The van der Waals surface area contributed by atoms with Gasteiger partial charge < -0.3 is 4.74 Å². The Morgan fingerprint density at radius 3 is 2.25 bits per heavy atom. The van der Waals surface area contributed by atoms with Crippen molar-refractivity contribution < 1.29 is 17.9 Å². The van der Waals surface area contributed by atoms with Crippen molar-refractivity contribution in [3.8, 4) is 5.75 Å². The van der Waals surface area contributed by atoms with Crippen molar-refractivity contribution in [1.29, 1.82) is 0 Å². The van der Waals surface area contributed by atoms with Crippen LogP contribution in [0.25, 0.3) is 0 Å². The summed E-state index contributed by atoms with van der Waals surface area (Å²) < 4.78 is 40.1. The Morgan fingerprint density at radius 2 is 1.75 bits per heavy atom. The molecule has 1 unspecified atom stereocenters. The van der Waals surface area contributed by atoms with E-state index in [1.54, 1.807) is 12.1 Å². The molecule has 1 aliphatic carbocycles. The van der Waals surface area contributed by atoms with Crippen molar-refractivity contribution in [2.75, 3.05) is 5.33 Å². The predicted molar refractivity (Wildman–Crippen MR) is 76.1 cm³/mol. The molecular formula is C15H18BrF3O. The minimum Gasteiger partial charge on any atom is -0.406 e. The number of rotatable bonds is 5. The van der Waals surface area contributed by atoms with Crippen LogP contribution in [0.3, 0.4) is 0 Å². The Morgan fingerprint density at radius 1 is 1.15 bits per heavy atom. The quantitative estimate of drug-likeness (QED) is 0.652. The van der Waals surface area contributed by atoms with E-state index >= 15 is 0 Å². The van der Waals surface area contributed by atoms with E-state index in [2.05, 4.69) is 20.7 Å². The summed E-state index contributed by atoms with van der Waals surface area (Å²) in [5.41, 5.74) is 1.07. The van der Waals surface area contributed by atoms with Crippen molar-refractivity contribution in [2.24, 2.45) is 11.8 Å². The molecule has 1 atom stereocenters. The third-order valence-corrected chi connectivity index (χ3v) is 4.75. The van der Waals surface area contributed by atoms with Crippen molar-refractivity contribution in [3.63, 3.8) is 0 Å². The Kier molecular flexibility index (Phi) is 5.35. The summed E-state index contributed by atoms with van der Waals surface area (Å²) in [7, 11) is 0. The fourth-order valence-electron chi connectivity index (χ4n) is 2.91. The molecule has 1 nitrogen and oxygen atoms in total. The zero-order chi connectivity index (χ0) is 14.6. The summed E-state index contributed by atoms with van der Waals surface area (Å²) in [6, 6.07) is 6.24. The number of benzene rings is 1. The van der Waals surface area contributed by atoms with Crippen LogP contribution in [0.4, 0.5) is 13.2 Å². The maximum absolute atomic E-state index is 12.1. The van der Waals surface area contributed by atoms with Gasteiger partial charge >= 0.3 is 6.36 Å². The summed E-state index contributed by atoms with van der Waals surface area (Å²) in [6.07, 6.45) is 1.42. The van der Waals surface area contributed by atoms with Gasteiger partial charge in [-0.3, -0.25) is 0 Å². The second kappa shape index (κ2) is 6.83. The van der Waals surface area contributed by atoms with Gasteiger partial charge in [0, 0.05) is 5.33 Å². The van der Waals surface area contributed by atoms with Gasteiger partial charge in [0.25, 0.3) is 0 Å². The highest BCUT2D eigenvalue weighted by Gasteiger charge is 2.31. The largest absolute Gasteiger partial charge is 0.573 e. The summed E-state index contributed by atoms with van der Waals surface area (Å²) in [4.78, 5) is 0. The fourth-order valence-corrected chi connectivity index (χ4v) is 3.66. The van der Waals surface area contributed by atoms with Crippen LogP contribution in [0.1, 0.15) is 31.2 Å². The topological polar surface area (TPSA) is 9.23 Å². The van der Waals surface area contributed by atoms with Crippen LogP contribution < -0.4 is 4.74 Å². The maximum Gasteiger partial charge on any atom is 0.573 e. The molecule has 1 saturated carbocycles. The highest BCUT2D eigenvalue weighted by molar-refractivity contribution is 9.09. The second-order valence-electron chi connectivity index (χ2n) is 5.35. The first kappa shape index (κ1) is 15.7. The SMILES string of the molecule is FC(F)(F)Oc1ccc(CC(CBr)C2CCCC2)cc1. The minimum atomic E-state index is -4.62. The molecule has 1 aliphatic rings. The van der Waals surface area contributed by atoms with Gasteiger partial charge in [-0.05, 0) is 36.0 Å². The molecule has 0 heterocycles. The number of halogens is 4. The molecule has 1 fully saturated rings. The molecule has 0 aromatic heterocycles. The van der Waals surface area contributed by atoms with Gasteiger partial charge in [-0.1, -0.05) is 53.7 Å². The second-order valence-corrected chi connectivity index (χ2v) is 6.00. The number of ether oxygens (including phenoxy) is 1. The third-order valence-electron chi connectivity index (χ3n) is 3.92. The van der Waals surface area contributed by atoms with Crippen LogP contribution in [-0.4, -0.2) is 11.7 Å². The van der Waals surface area contributed by atoms with Crippen molar-refractivity contribution in [3.05, 3.63) is 29.8 Å². The third kappa shape index (κ3) is 4.69. The maximum atomic E-state index is 12.1. The first-order valence-corrected chi connectivity index (χ1v) is 8.01.